The van der Waals surface area contributed by atoms with E-state index < -0.39 is 5.91 Å². The molecule has 5 nitrogen and oxygen atoms in total. The number of nitriles is 1. The minimum Gasteiger partial charge on any atom is -0.457 e. The van der Waals surface area contributed by atoms with Crippen LogP contribution in [-0.4, -0.2) is 10.9 Å². The molecule has 0 aliphatic rings. The Morgan fingerprint density at radius 3 is 2.68 bits per heavy atom. The summed E-state index contributed by atoms with van der Waals surface area (Å²) in [6.07, 6.45) is 2.90. The van der Waals surface area contributed by atoms with Crippen LogP contribution in [0.15, 0.2) is 42.6 Å². The van der Waals surface area contributed by atoms with E-state index in [9.17, 15) is 9.18 Å². The van der Waals surface area contributed by atoms with Crippen molar-refractivity contribution in [3.8, 4) is 17.7 Å². The van der Waals surface area contributed by atoms with Gasteiger partial charge < -0.3 is 4.74 Å². The van der Waals surface area contributed by atoms with Crippen LogP contribution in [0.2, 0.25) is 0 Å². The van der Waals surface area contributed by atoms with Gasteiger partial charge in [0.1, 0.15) is 23.0 Å². The lowest BCUT2D eigenvalue weighted by molar-refractivity contribution is 0.0967. The molecule has 0 saturated heterocycles. The standard InChI is InChI=1S/C13H8FN3O2/c14-9-1-3-10(4-2-9)19-11-5-6-16-12(7-11)13(18)17-8-15/h1-7H,(H,17,18). The molecule has 0 unspecified atom stereocenters. The van der Waals surface area contributed by atoms with E-state index >= 15 is 0 Å². The fraction of sp³-hybridized carbons (Fsp3) is 0. The highest BCUT2D eigenvalue weighted by molar-refractivity contribution is 5.93. The zero-order chi connectivity index (χ0) is 13.7. The number of hydrogen-bond donors (Lipinski definition) is 1. The minimum atomic E-state index is -0.618. The van der Waals surface area contributed by atoms with E-state index in [1.807, 2.05) is 5.32 Å². The molecule has 0 aliphatic heterocycles. The fourth-order valence-corrected chi connectivity index (χ4v) is 1.35. The highest BCUT2D eigenvalue weighted by Gasteiger charge is 2.08. The van der Waals surface area contributed by atoms with Gasteiger partial charge >= 0.3 is 0 Å². The lowest BCUT2D eigenvalue weighted by atomic mass is 10.3. The van der Waals surface area contributed by atoms with Crippen molar-refractivity contribution in [3.05, 3.63) is 54.1 Å². The van der Waals surface area contributed by atoms with Crippen LogP contribution in [0.25, 0.3) is 0 Å². The third kappa shape index (κ3) is 3.26. The van der Waals surface area contributed by atoms with Gasteiger partial charge in [0.25, 0.3) is 5.91 Å². The Morgan fingerprint density at radius 1 is 1.26 bits per heavy atom. The minimum absolute atomic E-state index is 0.0566. The summed E-state index contributed by atoms with van der Waals surface area (Å²) in [6, 6.07) is 8.39. The second-order valence-corrected chi connectivity index (χ2v) is 3.50. The number of nitrogens with zero attached hydrogens (tertiary/aromatic N) is 2. The summed E-state index contributed by atoms with van der Waals surface area (Å²) in [5.74, 6) is -0.188. The normalized spacial score (nSPS) is 9.47. The summed E-state index contributed by atoms with van der Waals surface area (Å²) in [6.45, 7) is 0. The van der Waals surface area contributed by atoms with Gasteiger partial charge in [0.15, 0.2) is 6.19 Å². The number of amides is 1. The highest BCUT2D eigenvalue weighted by atomic mass is 19.1. The van der Waals surface area contributed by atoms with Crippen LogP contribution in [0.4, 0.5) is 4.39 Å². The zero-order valence-electron chi connectivity index (χ0n) is 9.63. The molecule has 19 heavy (non-hydrogen) atoms. The second-order valence-electron chi connectivity index (χ2n) is 3.50. The van der Waals surface area contributed by atoms with Crippen molar-refractivity contribution < 1.29 is 13.9 Å². The van der Waals surface area contributed by atoms with Gasteiger partial charge in [-0.1, -0.05) is 0 Å². The Labute approximate surface area is 108 Å². The quantitative estimate of drug-likeness (QED) is 0.675. The Kier molecular flexibility index (Phi) is 3.69. The molecule has 0 bridgehead atoms. The summed E-state index contributed by atoms with van der Waals surface area (Å²) in [5.41, 5.74) is 0.0566. The Morgan fingerprint density at radius 2 is 2.00 bits per heavy atom. The Balaban J connectivity index is 2.17. The van der Waals surface area contributed by atoms with Crippen LogP contribution in [0.5, 0.6) is 11.5 Å². The molecule has 1 aromatic carbocycles. The zero-order valence-corrected chi connectivity index (χ0v) is 9.63. The van der Waals surface area contributed by atoms with Crippen molar-refractivity contribution in [2.45, 2.75) is 0 Å². The number of halogens is 1. The molecule has 0 fully saturated rings. The molecule has 94 valence electrons. The summed E-state index contributed by atoms with van der Waals surface area (Å²) < 4.78 is 18.2. The lowest BCUT2D eigenvalue weighted by Gasteiger charge is -2.06. The number of nitrogens with one attached hydrogen (secondary N) is 1. The topological polar surface area (TPSA) is 75.0 Å². The summed E-state index contributed by atoms with van der Waals surface area (Å²) in [4.78, 5) is 15.2. The second kappa shape index (κ2) is 5.60. The largest absolute Gasteiger partial charge is 0.457 e. The number of rotatable bonds is 3. The molecule has 6 heteroatoms. The average Bonchev–Trinajstić information content (AvgIpc) is 2.42. The van der Waals surface area contributed by atoms with Crippen molar-refractivity contribution in [1.82, 2.24) is 10.3 Å². The van der Waals surface area contributed by atoms with Gasteiger partial charge in [-0.3, -0.25) is 15.1 Å². The molecule has 0 saturated carbocycles. The first-order valence-corrected chi connectivity index (χ1v) is 5.28. The molecule has 0 atom stereocenters. The maximum Gasteiger partial charge on any atom is 0.282 e. The average molecular weight is 257 g/mol. The molecule has 1 amide bonds. The number of aromatic nitrogens is 1. The predicted octanol–water partition coefficient (Wildman–Crippen LogP) is 2.22. The summed E-state index contributed by atoms with van der Waals surface area (Å²) in [7, 11) is 0. The van der Waals surface area contributed by atoms with Gasteiger partial charge in [0.05, 0.1) is 0 Å². The first-order chi connectivity index (χ1) is 9.19. The first kappa shape index (κ1) is 12.5. The maximum absolute atomic E-state index is 12.7. The third-order valence-electron chi connectivity index (χ3n) is 2.18. The van der Waals surface area contributed by atoms with E-state index in [4.69, 9.17) is 10.00 Å². The molecule has 1 aromatic heterocycles. The predicted molar refractivity (Wildman–Crippen MR) is 63.8 cm³/mol. The van der Waals surface area contributed by atoms with Crippen LogP contribution in [0, 0.1) is 17.3 Å². The maximum atomic E-state index is 12.7. The number of pyridine rings is 1. The van der Waals surface area contributed by atoms with Gasteiger partial charge in [0.2, 0.25) is 0 Å². The summed E-state index contributed by atoms with van der Waals surface area (Å²) in [5, 5.41) is 10.3. The fourth-order valence-electron chi connectivity index (χ4n) is 1.35. The van der Waals surface area contributed by atoms with E-state index in [-0.39, 0.29) is 11.5 Å². The van der Waals surface area contributed by atoms with Crippen LogP contribution in [-0.2, 0) is 0 Å². The van der Waals surface area contributed by atoms with Gasteiger partial charge in [-0.05, 0) is 30.3 Å². The first-order valence-electron chi connectivity index (χ1n) is 5.28. The van der Waals surface area contributed by atoms with E-state index in [0.29, 0.717) is 11.5 Å². The highest BCUT2D eigenvalue weighted by Crippen LogP contribution is 2.21. The van der Waals surface area contributed by atoms with Crippen molar-refractivity contribution in [2.75, 3.05) is 0 Å². The Hall–Kier alpha value is -2.94. The molecule has 2 rings (SSSR count). The van der Waals surface area contributed by atoms with Crippen LogP contribution < -0.4 is 10.1 Å². The lowest BCUT2D eigenvalue weighted by Crippen LogP contribution is -2.18. The van der Waals surface area contributed by atoms with Crippen molar-refractivity contribution in [3.63, 3.8) is 0 Å². The molecular weight excluding hydrogens is 249 g/mol. The molecular formula is C13H8FN3O2. The monoisotopic (exact) mass is 257 g/mol. The van der Waals surface area contributed by atoms with Crippen LogP contribution >= 0.6 is 0 Å². The molecule has 0 radical (unpaired) electrons. The SMILES string of the molecule is N#CNC(=O)c1cc(Oc2ccc(F)cc2)ccn1. The number of hydrogen-bond acceptors (Lipinski definition) is 4. The number of benzene rings is 1. The van der Waals surface area contributed by atoms with Crippen molar-refractivity contribution in [2.24, 2.45) is 0 Å². The smallest absolute Gasteiger partial charge is 0.282 e. The van der Waals surface area contributed by atoms with E-state index in [1.165, 1.54) is 42.7 Å². The third-order valence-corrected chi connectivity index (χ3v) is 2.18. The number of carbonyl (C=O) groups excluding carboxylic acids is 1. The number of ether oxygens (including phenoxy) is 1. The molecule has 1 heterocycles. The van der Waals surface area contributed by atoms with Crippen LogP contribution in [0.3, 0.4) is 0 Å². The molecule has 0 aliphatic carbocycles. The summed E-state index contributed by atoms with van der Waals surface area (Å²) >= 11 is 0. The van der Waals surface area contributed by atoms with Gasteiger partial charge in [-0.15, -0.1) is 0 Å². The molecule has 2 aromatic rings. The van der Waals surface area contributed by atoms with Crippen molar-refractivity contribution >= 4 is 5.91 Å². The number of carbonyl (C=O) groups is 1. The van der Waals surface area contributed by atoms with Gasteiger partial charge in [-0.2, -0.15) is 5.26 Å². The molecule has 0 spiro atoms. The molecule has 1 N–H and O–H groups in total. The van der Waals surface area contributed by atoms with Crippen LogP contribution in [0.1, 0.15) is 10.5 Å². The van der Waals surface area contributed by atoms with Gasteiger partial charge in [0, 0.05) is 12.3 Å². The van der Waals surface area contributed by atoms with E-state index in [1.54, 1.807) is 6.07 Å². The van der Waals surface area contributed by atoms with Gasteiger partial charge in [-0.25, -0.2) is 4.39 Å². The Bertz CT molecular complexity index is 635. The van der Waals surface area contributed by atoms with Crippen molar-refractivity contribution in [1.29, 1.82) is 5.26 Å². The van der Waals surface area contributed by atoms with E-state index in [0.717, 1.165) is 0 Å². The van der Waals surface area contributed by atoms with E-state index in [2.05, 4.69) is 4.98 Å².